The van der Waals surface area contributed by atoms with Gasteiger partial charge in [0.15, 0.2) is 0 Å². The quantitative estimate of drug-likeness (QED) is 0.676. The van der Waals surface area contributed by atoms with Crippen molar-refractivity contribution in [2.45, 2.75) is 19.4 Å². The number of rotatable bonds is 3. The fraction of sp³-hybridized carbons (Fsp3) is 0.600. The third kappa shape index (κ3) is 2.97. The molecule has 2 unspecified atom stereocenters. The van der Waals surface area contributed by atoms with Crippen LogP contribution >= 0.6 is 0 Å². The summed E-state index contributed by atoms with van der Waals surface area (Å²) >= 11 is 0. The first kappa shape index (κ1) is 11.6. The zero-order valence-electron chi connectivity index (χ0n) is 8.77. The minimum atomic E-state index is -0.831. The first-order valence-electron chi connectivity index (χ1n) is 4.95. The SMILES string of the molecule is C=CC(C)NC(=O)N1CCC(C(=O)O)C1. The third-order valence-electron chi connectivity index (χ3n) is 2.53. The Labute approximate surface area is 88.8 Å². The van der Waals surface area contributed by atoms with E-state index in [1.165, 1.54) is 4.90 Å². The van der Waals surface area contributed by atoms with E-state index < -0.39 is 11.9 Å². The Balaban J connectivity index is 2.43. The maximum Gasteiger partial charge on any atom is 0.317 e. The van der Waals surface area contributed by atoms with Crippen LogP contribution < -0.4 is 5.32 Å². The van der Waals surface area contributed by atoms with Gasteiger partial charge in [-0.1, -0.05) is 6.08 Å². The number of urea groups is 1. The highest BCUT2D eigenvalue weighted by atomic mass is 16.4. The van der Waals surface area contributed by atoms with Crippen molar-refractivity contribution < 1.29 is 14.7 Å². The average molecular weight is 212 g/mol. The van der Waals surface area contributed by atoms with Crippen LogP contribution in [-0.4, -0.2) is 41.1 Å². The number of hydrogen-bond acceptors (Lipinski definition) is 2. The summed E-state index contributed by atoms with van der Waals surface area (Å²) in [6.45, 7) is 6.17. The smallest absolute Gasteiger partial charge is 0.317 e. The lowest BCUT2D eigenvalue weighted by molar-refractivity contribution is -0.141. The molecule has 15 heavy (non-hydrogen) atoms. The highest BCUT2D eigenvalue weighted by Crippen LogP contribution is 2.16. The van der Waals surface area contributed by atoms with Gasteiger partial charge in [0, 0.05) is 19.1 Å². The lowest BCUT2D eigenvalue weighted by atomic mass is 10.1. The molecule has 84 valence electrons. The van der Waals surface area contributed by atoms with E-state index in [1.54, 1.807) is 6.08 Å². The molecule has 0 saturated carbocycles. The van der Waals surface area contributed by atoms with E-state index in [1.807, 2.05) is 6.92 Å². The zero-order chi connectivity index (χ0) is 11.4. The molecule has 0 spiro atoms. The molecule has 2 N–H and O–H groups in total. The molecule has 1 fully saturated rings. The van der Waals surface area contributed by atoms with E-state index in [-0.39, 0.29) is 12.1 Å². The first-order chi connectivity index (χ1) is 7.04. The molecular formula is C10H16N2O3. The summed E-state index contributed by atoms with van der Waals surface area (Å²) in [4.78, 5) is 23.8. The minimum absolute atomic E-state index is 0.0959. The lowest BCUT2D eigenvalue weighted by Gasteiger charge is -2.18. The summed E-state index contributed by atoms with van der Waals surface area (Å²) in [5.74, 6) is -1.25. The van der Waals surface area contributed by atoms with Gasteiger partial charge in [-0.25, -0.2) is 4.79 Å². The summed E-state index contributed by atoms with van der Waals surface area (Å²) in [6.07, 6.45) is 2.16. The largest absolute Gasteiger partial charge is 0.481 e. The monoisotopic (exact) mass is 212 g/mol. The van der Waals surface area contributed by atoms with Crippen LogP contribution in [0.1, 0.15) is 13.3 Å². The molecule has 1 aliphatic heterocycles. The van der Waals surface area contributed by atoms with Gasteiger partial charge in [-0.2, -0.15) is 0 Å². The molecule has 5 nitrogen and oxygen atoms in total. The van der Waals surface area contributed by atoms with Gasteiger partial charge < -0.3 is 15.3 Å². The van der Waals surface area contributed by atoms with Crippen LogP contribution in [0.2, 0.25) is 0 Å². The number of nitrogens with zero attached hydrogens (tertiary/aromatic N) is 1. The van der Waals surface area contributed by atoms with Crippen LogP contribution in [0.25, 0.3) is 0 Å². The first-order valence-corrected chi connectivity index (χ1v) is 4.95. The van der Waals surface area contributed by atoms with Crippen molar-refractivity contribution in [3.05, 3.63) is 12.7 Å². The predicted molar refractivity (Wildman–Crippen MR) is 55.5 cm³/mol. The van der Waals surface area contributed by atoms with E-state index in [2.05, 4.69) is 11.9 Å². The molecular weight excluding hydrogens is 196 g/mol. The number of carbonyl (C=O) groups excluding carboxylic acids is 1. The number of nitrogens with one attached hydrogen (secondary N) is 1. The molecule has 2 atom stereocenters. The van der Waals surface area contributed by atoms with Gasteiger partial charge in [0.1, 0.15) is 0 Å². The van der Waals surface area contributed by atoms with Crippen molar-refractivity contribution in [3.63, 3.8) is 0 Å². The van der Waals surface area contributed by atoms with Gasteiger partial charge >= 0.3 is 12.0 Å². The molecule has 0 aliphatic carbocycles. The highest BCUT2D eigenvalue weighted by Gasteiger charge is 2.30. The molecule has 1 heterocycles. The topological polar surface area (TPSA) is 69.6 Å². The Morgan fingerprint density at radius 3 is 2.80 bits per heavy atom. The Morgan fingerprint density at radius 2 is 2.33 bits per heavy atom. The fourth-order valence-electron chi connectivity index (χ4n) is 1.49. The van der Waals surface area contributed by atoms with E-state index in [4.69, 9.17) is 5.11 Å². The maximum atomic E-state index is 11.6. The second kappa shape index (κ2) is 4.82. The second-order valence-corrected chi connectivity index (χ2v) is 3.74. The number of likely N-dealkylation sites (tertiary alicyclic amines) is 1. The third-order valence-corrected chi connectivity index (χ3v) is 2.53. The Bertz CT molecular complexity index is 278. The van der Waals surface area contributed by atoms with E-state index in [9.17, 15) is 9.59 Å². The highest BCUT2D eigenvalue weighted by molar-refractivity contribution is 5.77. The van der Waals surface area contributed by atoms with Gasteiger partial charge in [-0.05, 0) is 13.3 Å². The van der Waals surface area contributed by atoms with Gasteiger partial charge in [0.2, 0.25) is 0 Å². The summed E-state index contributed by atoms with van der Waals surface area (Å²) in [5, 5.41) is 11.5. The fourth-order valence-corrected chi connectivity index (χ4v) is 1.49. The van der Waals surface area contributed by atoms with Crippen LogP contribution in [0.15, 0.2) is 12.7 Å². The number of carbonyl (C=O) groups is 2. The number of hydrogen-bond donors (Lipinski definition) is 2. The maximum absolute atomic E-state index is 11.6. The molecule has 1 saturated heterocycles. The van der Waals surface area contributed by atoms with Gasteiger partial charge in [0.05, 0.1) is 5.92 Å². The van der Waals surface area contributed by atoms with E-state index in [0.29, 0.717) is 19.5 Å². The van der Waals surface area contributed by atoms with Crippen molar-refractivity contribution >= 4 is 12.0 Å². The van der Waals surface area contributed by atoms with Gasteiger partial charge in [-0.15, -0.1) is 6.58 Å². The van der Waals surface area contributed by atoms with Crippen molar-refractivity contribution in [3.8, 4) is 0 Å². The van der Waals surface area contributed by atoms with Crippen LogP contribution in [0.4, 0.5) is 4.79 Å². The Morgan fingerprint density at radius 1 is 1.67 bits per heavy atom. The van der Waals surface area contributed by atoms with Crippen molar-refractivity contribution in [2.24, 2.45) is 5.92 Å². The molecule has 0 aromatic rings. The predicted octanol–water partition coefficient (Wildman–Crippen LogP) is 0.677. The van der Waals surface area contributed by atoms with Crippen molar-refractivity contribution in [2.75, 3.05) is 13.1 Å². The standard InChI is InChI=1S/C10H16N2O3/c1-3-7(2)11-10(15)12-5-4-8(6-12)9(13)14/h3,7-8H,1,4-6H2,2H3,(H,11,15)(H,13,14). The van der Waals surface area contributed by atoms with Crippen LogP contribution in [0.3, 0.4) is 0 Å². The average Bonchev–Trinajstić information content (AvgIpc) is 2.66. The molecule has 0 aromatic heterocycles. The molecule has 1 aliphatic rings. The summed E-state index contributed by atoms with van der Waals surface area (Å²) in [5.41, 5.74) is 0. The second-order valence-electron chi connectivity index (χ2n) is 3.74. The summed E-state index contributed by atoms with van der Waals surface area (Å²) < 4.78 is 0. The normalized spacial score (nSPS) is 22.2. The number of amides is 2. The number of aliphatic carboxylic acids is 1. The summed E-state index contributed by atoms with van der Waals surface area (Å²) in [7, 11) is 0. The minimum Gasteiger partial charge on any atom is -0.481 e. The Hall–Kier alpha value is -1.52. The molecule has 5 heteroatoms. The molecule has 0 bridgehead atoms. The molecule has 1 rings (SSSR count). The Kier molecular flexibility index (Phi) is 3.71. The van der Waals surface area contributed by atoms with E-state index in [0.717, 1.165) is 0 Å². The lowest BCUT2D eigenvalue weighted by Crippen LogP contribution is -2.42. The molecule has 2 amide bonds. The molecule has 0 aromatic carbocycles. The number of carboxylic acid groups (broad SMARTS) is 1. The summed E-state index contributed by atoms with van der Waals surface area (Å²) in [6, 6.07) is -0.312. The van der Waals surface area contributed by atoms with Gasteiger partial charge in [0.25, 0.3) is 0 Å². The van der Waals surface area contributed by atoms with Gasteiger partial charge in [-0.3, -0.25) is 4.79 Å². The van der Waals surface area contributed by atoms with Crippen LogP contribution in [0.5, 0.6) is 0 Å². The molecule has 0 radical (unpaired) electrons. The van der Waals surface area contributed by atoms with E-state index >= 15 is 0 Å². The van der Waals surface area contributed by atoms with Crippen LogP contribution in [0, 0.1) is 5.92 Å². The van der Waals surface area contributed by atoms with Crippen molar-refractivity contribution in [1.29, 1.82) is 0 Å². The number of carboxylic acids is 1. The zero-order valence-corrected chi connectivity index (χ0v) is 8.77. The van der Waals surface area contributed by atoms with Crippen LogP contribution in [-0.2, 0) is 4.79 Å². The van der Waals surface area contributed by atoms with Crippen molar-refractivity contribution in [1.82, 2.24) is 10.2 Å².